The fourth-order valence-corrected chi connectivity index (χ4v) is 2.04. The summed E-state index contributed by atoms with van der Waals surface area (Å²) in [6.07, 6.45) is 0. The van der Waals surface area contributed by atoms with Crippen molar-refractivity contribution in [3.05, 3.63) is 34.6 Å². The highest BCUT2D eigenvalue weighted by Gasteiger charge is 2.33. The van der Waals surface area contributed by atoms with Gasteiger partial charge in [0.15, 0.2) is 0 Å². The molecule has 17 heavy (non-hydrogen) atoms. The molecular weight excluding hydrogens is 219 g/mol. The maximum absolute atomic E-state index is 14.1. The molecule has 0 fully saturated rings. The smallest absolute Gasteiger partial charge is 0.128 e. The lowest BCUT2D eigenvalue weighted by Gasteiger charge is -2.34. The number of rotatable bonds is 4. The summed E-state index contributed by atoms with van der Waals surface area (Å²) in [5.41, 5.74) is 4.39. The highest BCUT2D eigenvalue weighted by Crippen LogP contribution is 2.32. The summed E-state index contributed by atoms with van der Waals surface area (Å²) >= 11 is 0. The Morgan fingerprint density at radius 3 is 2.35 bits per heavy atom. The zero-order valence-corrected chi connectivity index (χ0v) is 11.1. The van der Waals surface area contributed by atoms with Crippen molar-refractivity contribution in [3.63, 3.8) is 0 Å². The lowest BCUT2D eigenvalue weighted by Crippen LogP contribution is -2.44. The highest BCUT2D eigenvalue weighted by molar-refractivity contribution is 5.35. The first-order chi connectivity index (χ1) is 7.83. The third kappa shape index (κ3) is 2.83. The number of benzene rings is 1. The van der Waals surface area contributed by atoms with Crippen LogP contribution in [0.3, 0.4) is 0 Å². The second-order valence-electron chi connectivity index (χ2n) is 4.88. The molecular formula is C13H21FN2O. The van der Waals surface area contributed by atoms with Gasteiger partial charge in [0.25, 0.3) is 0 Å². The molecule has 1 aromatic rings. The van der Waals surface area contributed by atoms with Gasteiger partial charge in [-0.25, -0.2) is 9.82 Å². The molecule has 4 heteroatoms. The Morgan fingerprint density at radius 2 is 1.94 bits per heavy atom. The Kier molecular flexibility index (Phi) is 4.25. The van der Waals surface area contributed by atoms with Crippen LogP contribution in [0.25, 0.3) is 0 Å². The maximum Gasteiger partial charge on any atom is 0.128 e. The summed E-state index contributed by atoms with van der Waals surface area (Å²) in [5, 5.41) is 0. The van der Waals surface area contributed by atoms with Gasteiger partial charge in [-0.3, -0.25) is 5.84 Å². The van der Waals surface area contributed by atoms with Crippen LogP contribution in [0.1, 0.15) is 36.6 Å². The van der Waals surface area contributed by atoms with Crippen LogP contribution in [-0.2, 0) is 4.74 Å². The minimum Gasteiger partial charge on any atom is -0.377 e. The van der Waals surface area contributed by atoms with E-state index in [9.17, 15) is 4.39 Å². The fourth-order valence-electron chi connectivity index (χ4n) is 2.04. The van der Waals surface area contributed by atoms with E-state index in [-0.39, 0.29) is 5.82 Å². The molecule has 0 amide bonds. The largest absolute Gasteiger partial charge is 0.377 e. The van der Waals surface area contributed by atoms with Crippen molar-refractivity contribution in [1.82, 2.24) is 5.43 Å². The highest BCUT2D eigenvalue weighted by atomic mass is 19.1. The predicted molar refractivity (Wildman–Crippen MR) is 67.0 cm³/mol. The van der Waals surface area contributed by atoms with E-state index in [1.165, 1.54) is 6.07 Å². The molecule has 0 bridgehead atoms. The second-order valence-corrected chi connectivity index (χ2v) is 4.88. The van der Waals surface area contributed by atoms with Crippen molar-refractivity contribution in [2.24, 2.45) is 5.84 Å². The summed E-state index contributed by atoms with van der Waals surface area (Å²) < 4.78 is 19.4. The summed E-state index contributed by atoms with van der Waals surface area (Å²) in [4.78, 5) is 0. The van der Waals surface area contributed by atoms with Gasteiger partial charge in [0.05, 0.1) is 11.6 Å². The van der Waals surface area contributed by atoms with E-state index in [1.807, 2.05) is 33.8 Å². The molecule has 0 aliphatic heterocycles. The molecule has 1 aromatic carbocycles. The van der Waals surface area contributed by atoms with E-state index in [4.69, 9.17) is 10.6 Å². The first-order valence-electron chi connectivity index (χ1n) is 5.61. The zero-order chi connectivity index (χ0) is 13.2. The van der Waals surface area contributed by atoms with Gasteiger partial charge in [0.1, 0.15) is 5.82 Å². The number of hydrogen-bond acceptors (Lipinski definition) is 3. The molecule has 3 N–H and O–H groups in total. The fraction of sp³-hybridized carbons (Fsp3) is 0.538. The van der Waals surface area contributed by atoms with Crippen LogP contribution >= 0.6 is 0 Å². The minimum atomic E-state index is -0.588. The van der Waals surface area contributed by atoms with Crippen LogP contribution in [0.2, 0.25) is 0 Å². The van der Waals surface area contributed by atoms with Gasteiger partial charge < -0.3 is 4.74 Å². The van der Waals surface area contributed by atoms with Gasteiger partial charge >= 0.3 is 0 Å². The molecule has 0 aromatic heterocycles. The third-order valence-corrected chi connectivity index (χ3v) is 3.16. The molecule has 1 rings (SSSR count). The van der Waals surface area contributed by atoms with Crippen LogP contribution in [0.15, 0.2) is 12.1 Å². The predicted octanol–water partition coefficient (Wildman–Crippen LogP) is 2.37. The molecule has 3 nitrogen and oxygen atoms in total. The summed E-state index contributed by atoms with van der Waals surface area (Å²) in [7, 11) is 1.59. The topological polar surface area (TPSA) is 47.3 Å². The van der Waals surface area contributed by atoms with E-state index in [0.717, 1.165) is 11.1 Å². The monoisotopic (exact) mass is 240 g/mol. The third-order valence-electron chi connectivity index (χ3n) is 3.16. The van der Waals surface area contributed by atoms with Crippen molar-refractivity contribution in [3.8, 4) is 0 Å². The Hall–Kier alpha value is -0.970. The van der Waals surface area contributed by atoms with Crippen molar-refractivity contribution in [1.29, 1.82) is 0 Å². The molecule has 0 heterocycles. The second kappa shape index (κ2) is 5.12. The number of ether oxygens (including phenoxy) is 1. The van der Waals surface area contributed by atoms with Gasteiger partial charge in [0.2, 0.25) is 0 Å². The number of methoxy groups -OCH3 is 1. The van der Waals surface area contributed by atoms with E-state index >= 15 is 0 Å². The number of halogens is 1. The van der Waals surface area contributed by atoms with Gasteiger partial charge in [-0.05, 0) is 44.9 Å². The standard InChI is InChI=1S/C13H21FN2O/c1-8-6-9(2)11(10(14)7-8)12(16-15)13(3,4)17-5/h6-7,12,16H,15H2,1-5H3. The summed E-state index contributed by atoms with van der Waals surface area (Å²) in [5.74, 6) is 5.29. The van der Waals surface area contributed by atoms with Gasteiger partial charge in [-0.2, -0.15) is 0 Å². The van der Waals surface area contributed by atoms with Crippen molar-refractivity contribution < 1.29 is 9.13 Å². The molecule has 1 atom stereocenters. The average molecular weight is 240 g/mol. The molecule has 0 radical (unpaired) electrons. The molecule has 0 saturated carbocycles. The minimum absolute atomic E-state index is 0.254. The summed E-state index contributed by atoms with van der Waals surface area (Å²) in [6, 6.07) is 3.06. The molecule has 0 aliphatic rings. The Balaban J connectivity index is 3.31. The number of hydrogen-bond donors (Lipinski definition) is 2. The lowest BCUT2D eigenvalue weighted by atomic mass is 9.88. The Labute approximate surface area is 102 Å². The number of aryl methyl sites for hydroxylation is 2. The first kappa shape index (κ1) is 14.1. The normalized spacial score (nSPS) is 13.8. The van der Waals surface area contributed by atoms with Gasteiger partial charge in [-0.1, -0.05) is 6.07 Å². The van der Waals surface area contributed by atoms with Gasteiger partial charge in [0, 0.05) is 12.7 Å². The number of nitrogens with one attached hydrogen (secondary N) is 1. The summed E-state index contributed by atoms with van der Waals surface area (Å²) in [6.45, 7) is 7.49. The number of nitrogens with two attached hydrogens (primary N) is 1. The van der Waals surface area contributed by atoms with Crippen LogP contribution < -0.4 is 11.3 Å². The Bertz CT molecular complexity index is 381. The molecule has 1 unspecified atom stereocenters. The van der Waals surface area contributed by atoms with Crippen LogP contribution in [-0.4, -0.2) is 12.7 Å². The van der Waals surface area contributed by atoms with Crippen molar-refractivity contribution in [2.45, 2.75) is 39.3 Å². The molecule has 96 valence electrons. The first-order valence-corrected chi connectivity index (χ1v) is 5.61. The molecule has 0 saturated heterocycles. The van der Waals surface area contributed by atoms with Gasteiger partial charge in [-0.15, -0.1) is 0 Å². The van der Waals surface area contributed by atoms with Crippen molar-refractivity contribution >= 4 is 0 Å². The van der Waals surface area contributed by atoms with Crippen LogP contribution in [0, 0.1) is 19.7 Å². The zero-order valence-electron chi connectivity index (χ0n) is 11.1. The average Bonchev–Trinajstić information content (AvgIpc) is 2.22. The van der Waals surface area contributed by atoms with E-state index in [2.05, 4.69) is 5.43 Å². The van der Waals surface area contributed by atoms with Crippen molar-refractivity contribution in [2.75, 3.05) is 7.11 Å². The Morgan fingerprint density at radius 1 is 1.35 bits per heavy atom. The lowest BCUT2D eigenvalue weighted by molar-refractivity contribution is -0.0123. The van der Waals surface area contributed by atoms with E-state index in [1.54, 1.807) is 7.11 Å². The molecule has 0 aliphatic carbocycles. The van der Waals surface area contributed by atoms with Crippen LogP contribution in [0.4, 0.5) is 4.39 Å². The number of hydrazine groups is 1. The van der Waals surface area contributed by atoms with E-state index < -0.39 is 11.6 Å². The van der Waals surface area contributed by atoms with E-state index in [0.29, 0.717) is 5.56 Å². The maximum atomic E-state index is 14.1. The SMILES string of the molecule is COC(C)(C)C(NN)c1c(C)cc(C)cc1F. The quantitative estimate of drug-likeness (QED) is 0.627. The van der Waals surface area contributed by atoms with Crippen LogP contribution in [0.5, 0.6) is 0 Å². The molecule has 0 spiro atoms.